The molecule has 0 aliphatic heterocycles. The number of hydrogen-bond donors (Lipinski definition) is 1. The van der Waals surface area contributed by atoms with Crippen molar-refractivity contribution in [3.63, 3.8) is 0 Å². The first kappa shape index (κ1) is 16.7. The van der Waals surface area contributed by atoms with Gasteiger partial charge in [0.2, 0.25) is 0 Å². The lowest BCUT2D eigenvalue weighted by Gasteiger charge is -2.18. The van der Waals surface area contributed by atoms with E-state index < -0.39 is 11.1 Å². The number of fused-ring (bicyclic) bond motifs is 1. The second kappa shape index (κ2) is 6.76. The number of aromatic nitrogens is 2. The fraction of sp³-hybridized carbons (Fsp3) is 0.211. The van der Waals surface area contributed by atoms with Gasteiger partial charge in [-0.05, 0) is 30.7 Å². The Balaban J connectivity index is 1.96. The fourth-order valence-corrected chi connectivity index (χ4v) is 2.88. The van der Waals surface area contributed by atoms with E-state index >= 15 is 0 Å². The largest absolute Gasteiger partial charge is 0.337 e. The van der Waals surface area contributed by atoms with Gasteiger partial charge in [0.1, 0.15) is 0 Å². The number of H-pyrrole nitrogens is 1. The third-order valence-corrected chi connectivity index (χ3v) is 4.15. The smallest absolute Gasteiger partial charge is 0.316 e. The summed E-state index contributed by atoms with van der Waals surface area (Å²) in [6.45, 7) is 2.68. The minimum Gasteiger partial charge on any atom is -0.337 e. The molecule has 0 unspecified atom stereocenters. The molecule has 1 aromatic heterocycles. The molecule has 0 fully saturated rings. The molecular weight excluding hydrogens is 318 g/mol. The Bertz CT molecular complexity index is 1040. The Morgan fingerprint density at radius 3 is 2.52 bits per heavy atom. The normalized spacial score (nSPS) is 10.8. The van der Waals surface area contributed by atoms with Gasteiger partial charge in [0.15, 0.2) is 0 Å². The minimum atomic E-state index is -0.684. The number of aromatic amines is 1. The minimum absolute atomic E-state index is 0.152. The van der Waals surface area contributed by atoms with Crippen LogP contribution in [0, 0.1) is 0 Å². The zero-order valence-corrected chi connectivity index (χ0v) is 14.2. The van der Waals surface area contributed by atoms with Crippen LogP contribution >= 0.6 is 0 Å². The number of carbonyl (C=O) groups is 1. The van der Waals surface area contributed by atoms with E-state index in [1.807, 2.05) is 30.3 Å². The van der Waals surface area contributed by atoms with Crippen LogP contribution in [0.4, 0.5) is 0 Å². The first-order chi connectivity index (χ1) is 12.0. The van der Waals surface area contributed by atoms with E-state index in [1.54, 1.807) is 37.1 Å². The quantitative estimate of drug-likeness (QED) is 0.740. The Kier molecular flexibility index (Phi) is 4.52. The number of nitrogens with zero attached hydrogens (tertiary/aromatic N) is 2. The van der Waals surface area contributed by atoms with Crippen molar-refractivity contribution in [1.29, 1.82) is 0 Å². The molecule has 0 saturated heterocycles. The molecule has 0 aliphatic rings. The van der Waals surface area contributed by atoms with Gasteiger partial charge in [0.05, 0.1) is 11.0 Å². The van der Waals surface area contributed by atoms with Gasteiger partial charge in [-0.1, -0.05) is 30.3 Å². The summed E-state index contributed by atoms with van der Waals surface area (Å²) in [5.41, 5.74) is 1.31. The summed E-state index contributed by atoms with van der Waals surface area (Å²) < 4.78 is 1.40. The predicted molar refractivity (Wildman–Crippen MR) is 96.7 cm³/mol. The maximum absolute atomic E-state index is 12.7. The molecule has 0 aliphatic carbocycles. The van der Waals surface area contributed by atoms with E-state index in [9.17, 15) is 14.4 Å². The molecule has 128 valence electrons. The third-order valence-electron chi connectivity index (χ3n) is 4.15. The van der Waals surface area contributed by atoms with Crippen molar-refractivity contribution in [3.05, 3.63) is 80.4 Å². The third kappa shape index (κ3) is 3.24. The molecule has 1 N–H and O–H groups in total. The summed E-state index contributed by atoms with van der Waals surface area (Å²) in [6, 6.07) is 14.7. The van der Waals surface area contributed by atoms with Crippen LogP contribution in [0.25, 0.3) is 11.0 Å². The molecule has 3 aromatic rings. The van der Waals surface area contributed by atoms with Gasteiger partial charge >= 0.3 is 11.1 Å². The van der Waals surface area contributed by atoms with Crippen molar-refractivity contribution in [3.8, 4) is 0 Å². The number of rotatable bonds is 4. The summed E-state index contributed by atoms with van der Waals surface area (Å²) in [5.74, 6) is -0.152. The van der Waals surface area contributed by atoms with E-state index in [1.165, 1.54) is 4.57 Å². The molecule has 2 aromatic carbocycles. The van der Waals surface area contributed by atoms with Gasteiger partial charge in [0.25, 0.3) is 5.91 Å². The molecule has 0 saturated carbocycles. The number of carbonyl (C=O) groups excluding carboxylic acids is 1. The topological polar surface area (TPSA) is 75.2 Å². The molecule has 6 heteroatoms. The van der Waals surface area contributed by atoms with E-state index in [2.05, 4.69) is 4.98 Å². The fourth-order valence-electron chi connectivity index (χ4n) is 2.88. The zero-order valence-electron chi connectivity index (χ0n) is 14.2. The summed E-state index contributed by atoms with van der Waals surface area (Å²) in [5, 5.41) is 0. The lowest BCUT2D eigenvalue weighted by molar-refractivity contribution is 0.0785. The highest BCUT2D eigenvalue weighted by Crippen LogP contribution is 2.14. The van der Waals surface area contributed by atoms with Gasteiger partial charge in [-0.25, -0.2) is 0 Å². The zero-order chi connectivity index (χ0) is 18.0. The van der Waals surface area contributed by atoms with Gasteiger partial charge in [-0.3, -0.25) is 14.4 Å². The number of nitrogens with one attached hydrogen (secondary N) is 1. The van der Waals surface area contributed by atoms with Crippen molar-refractivity contribution < 1.29 is 4.79 Å². The van der Waals surface area contributed by atoms with E-state index in [-0.39, 0.29) is 5.91 Å². The van der Waals surface area contributed by atoms with Crippen molar-refractivity contribution in [2.45, 2.75) is 20.0 Å². The number of aryl methyl sites for hydroxylation is 1. The van der Waals surface area contributed by atoms with Crippen molar-refractivity contribution in [2.75, 3.05) is 7.05 Å². The van der Waals surface area contributed by atoms with E-state index in [0.29, 0.717) is 29.7 Å². The lowest BCUT2D eigenvalue weighted by Crippen LogP contribution is -2.36. The van der Waals surface area contributed by atoms with Gasteiger partial charge in [-0.15, -0.1) is 0 Å². The maximum atomic E-state index is 12.7. The highest BCUT2D eigenvalue weighted by molar-refractivity contribution is 5.97. The van der Waals surface area contributed by atoms with Crippen LogP contribution in [0.2, 0.25) is 0 Å². The Morgan fingerprint density at radius 1 is 1.12 bits per heavy atom. The number of hydrogen-bond acceptors (Lipinski definition) is 3. The standard InChI is InChI=1S/C19H19N3O3/c1-3-22-16-10-9-14(11-15(16)20-17(23)19(22)25)18(24)21(2)12-13-7-5-4-6-8-13/h4-11H,3,12H2,1-2H3,(H,20,23). The Morgan fingerprint density at radius 2 is 1.84 bits per heavy atom. The van der Waals surface area contributed by atoms with Crippen LogP contribution < -0.4 is 11.1 Å². The monoisotopic (exact) mass is 337 g/mol. The van der Waals surface area contributed by atoms with Crippen LogP contribution in [0.15, 0.2) is 58.1 Å². The average Bonchev–Trinajstić information content (AvgIpc) is 2.62. The van der Waals surface area contributed by atoms with E-state index in [0.717, 1.165) is 5.56 Å². The number of amides is 1. The first-order valence-electron chi connectivity index (χ1n) is 8.07. The summed E-state index contributed by atoms with van der Waals surface area (Å²) in [7, 11) is 1.73. The summed E-state index contributed by atoms with van der Waals surface area (Å²) in [6.07, 6.45) is 0. The molecule has 0 bridgehead atoms. The molecule has 25 heavy (non-hydrogen) atoms. The average molecular weight is 337 g/mol. The van der Waals surface area contributed by atoms with Crippen LogP contribution in [0.1, 0.15) is 22.8 Å². The summed E-state index contributed by atoms with van der Waals surface area (Å²) in [4.78, 5) is 40.5. The molecule has 1 amide bonds. The SMILES string of the molecule is CCn1c(=O)c(=O)[nH]c2cc(C(=O)N(C)Cc3ccccc3)ccc21. The van der Waals surface area contributed by atoms with Crippen LogP contribution in [0.3, 0.4) is 0 Å². The molecule has 0 radical (unpaired) electrons. The second-order valence-electron chi connectivity index (χ2n) is 5.88. The predicted octanol–water partition coefficient (Wildman–Crippen LogP) is 1.98. The van der Waals surface area contributed by atoms with Crippen LogP contribution in [-0.2, 0) is 13.1 Å². The molecule has 0 atom stereocenters. The molecule has 1 heterocycles. The van der Waals surface area contributed by atoms with Crippen molar-refractivity contribution in [2.24, 2.45) is 0 Å². The van der Waals surface area contributed by atoms with Gasteiger partial charge in [0, 0.05) is 25.7 Å². The van der Waals surface area contributed by atoms with E-state index in [4.69, 9.17) is 0 Å². The first-order valence-corrected chi connectivity index (χ1v) is 8.07. The Hall–Kier alpha value is -3.15. The lowest BCUT2D eigenvalue weighted by atomic mass is 10.1. The molecular formula is C19H19N3O3. The molecule has 6 nitrogen and oxygen atoms in total. The highest BCUT2D eigenvalue weighted by atomic mass is 16.2. The second-order valence-corrected chi connectivity index (χ2v) is 5.88. The molecule has 3 rings (SSSR count). The maximum Gasteiger partial charge on any atom is 0.316 e. The van der Waals surface area contributed by atoms with Crippen LogP contribution in [0.5, 0.6) is 0 Å². The summed E-state index contributed by atoms with van der Waals surface area (Å²) >= 11 is 0. The van der Waals surface area contributed by atoms with Crippen molar-refractivity contribution in [1.82, 2.24) is 14.5 Å². The van der Waals surface area contributed by atoms with Crippen LogP contribution in [-0.4, -0.2) is 27.4 Å². The van der Waals surface area contributed by atoms with Gasteiger partial charge in [-0.2, -0.15) is 0 Å². The number of benzene rings is 2. The molecule has 0 spiro atoms. The Labute approximate surface area is 144 Å². The highest BCUT2D eigenvalue weighted by Gasteiger charge is 2.14. The van der Waals surface area contributed by atoms with Gasteiger partial charge < -0.3 is 14.5 Å². The van der Waals surface area contributed by atoms with Crippen molar-refractivity contribution >= 4 is 16.9 Å².